The van der Waals surface area contributed by atoms with Crippen LogP contribution < -0.4 is 0 Å². The van der Waals surface area contributed by atoms with Crippen LogP contribution in [0, 0.1) is 5.92 Å². The number of methoxy groups -OCH3 is 2. The summed E-state index contributed by atoms with van der Waals surface area (Å²) >= 11 is 0. The summed E-state index contributed by atoms with van der Waals surface area (Å²) in [7, 11) is 2.65. The van der Waals surface area contributed by atoms with Gasteiger partial charge >= 0.3 is 11.9 Å². The Morgan fingerprint density at radius 3 is 2.19 bits per heavy atom. The molecule has 0 radical (unpaired) electrons. The largest absolute Gasteiger partial charge is 0.469 e. The van der Waals surface area contributed by atoms with Crippen LogP contribution in [0.15, 0.2) is 24.3 Å². The maximum absolute atomic E-state index is 11.7. The van der Waals surface area contributed by atoms with Crippen molar-refractivity contribution in [1.29, 1.82) is 0 Å². The molecule has 0 bridgehead atoms. The molecule has 4 heteroatoms. The molecule has 0 N–H and O–H groups in total. The number of carbonyl (C=O) groups excluding carboxylic acids is 2. The van der Waals surface area contributed by atoms with E-state index in [2.05, 4.69) is 23.8 Å². The Morgan fingerprint density at radius 2 is 1.67 bits per heavy atom. The van der Waals surface area contributed by atoms with Crippen molar-refractivity contribution < 1.29 is 19.1 Å². The van der Waals surface area contributed by atoms with E-state index in [4.69, 9.17) is 4.74 Å². The SMILES string of the molecule is CCCCc1ccc(CC(CC(=O)OC)C(=O)OC)cc1. The van der Waals surface area contributed by atoms with Crippen molar-refractivity contribution in [2.24, 2.45) is 5.92 Å². The molecule has 116 valence electrons. The molecule has 0 saturated heterocycles. The molecular weight excluding hydrogens is 268 g/mol. The van der Waals surface area contributed by atoms with Gasteiger partial charge in [-0.25, -0.2) is 0 Å². The summed E-state index contributed by atoms with van der Waals surface area (Å²) in [5, 5.41) is 0. The van der Waals surface area contributed by atoms with Gasteiger partial charge in [-0.05, 0) is 30.4 Å². The van der Waals surface area contributed by atoms with Crippen LogP contribution in [0.25, 0.3) is 0 Å². The highest BCUT2D eigenvalue weighted by atomic mass is 16.5. The first kappa shape index (κ1) is 17.2. The topological polar surface area (TPSA) is 52.6 Å². The molecule has 1 aromatic rings. The van der Waals surface area contributed by atoms with E-state index in [1.807, 2.05) is 12.1 Å². The summed E-state index contributed by atoms with van der Waals surface area (Å²) in [6.07, 6.45) is 3.94. The van der Waals surface area contributed by atoms with Gasteiger partial charge in [-0.1, -0.05) is 37.6 Å². The van der Waals surface area contributed by atoms with E-state index < -0.39 is 11.9 Å². The molecule has 0 heterocycles. The second-order valence-electron chi connectivity index (χ2n) is 5.12. The summed E-state index contributed by atoms with van der Waals surface area (Å²) in [5.74, 6) is -1.27. The van der Waals surface area contributed by atoms with Gasteiger partial charge in [0.05, 0.1) is 26.6 Å². The zero-order valence-electron chi connectivity index (χ0n) is 13.1. The van der Waals surface area contributed by atoms with E-state index in [1.54, 1.807) is 0 Å². The molecule has 1 atom stereocenters. The number of carbonyl (C=O) groups is 2. The second kappa shape index (κ2) is 9.16. The van der Waals surface area contributed by atoms with Gasteiger partial charge < -0.3 is 9.47 Å². The van der Waals surface area contributed by atoms with Crippen LogP contribution >= 0.6 is 0 Å². The lowest BCUT2D eigenvalue weighted by atomic mass is 9.95. The van der Waals surface area contributed by atoms with Crippen LogP contribution in [0.5, 0.6) is 0 Å². The lowest BCUT2D eigenvalue weighted by Crippen LogP contribution is -2.22. The summed E-state index contributed by atoms with van der Waals surface area (Å²) in [6, 6.07) is 8.19. The third-order valence-electron chi connectivity index (χ3n) is 3.50. The molecule has 0 aliphatic rings. The van der Waals surface area contributed by atoms with E-state index in [1.165, 1.54) is 32.6 Å². The molecule has 0 amide bonds. The third kappa shape index (κ3) is 5.98. The molecule has 1 rings (SSSR count). The number of esters is 2. The lowest BCUT2D eigenvalue weighted by molar-refractivity contribution is -0.151. The van der Waals surface area contributed by atoms with Gasteiger partial charge in [0.15, 0.2) is 0 Å². The van der Waals surface area contributed by atoms with Gasteiger partial charge in [0.1, 0.15) is 0 Å². The van der Waals surface area contributed by atoms with Crippen LogP contribution in [0.1, 0.15) is 37.3 Å². The molecular formula is C17H24O4. The monoisotopic (exact) mass is 292 g/mol. The second-order valence-corrected chi connectivity index (χ2v) is 5.12. The molecule has 21 heavy (non-hydrogen) atoms. The van der Waals surface area contributed by atoms with Gasteiger partial charge in [-0.3, -0.25) is 9.59 Å². The first-order chi connectivity index (χ1) is 10.1. The van der Waals surface area contributed by atoms with Crippen molar-refractivity contribution in [3.05, 3.63) is 35.4 Å². The van der Waals surface area contributed by atoms with Gasteiger partial charge in [0.25, 0.3) is 0 Å². The minimum atomic E-state index is -0.496. The molecule has 0 aliphatic heterocycles. The summed E-state index contributed by atoms with van der Waals surface area (Å²) < 4.78 is 9.39. The zero-order valence-corrected chi connectivity index (χ0v) is 13.1. The molecule has 1 unspecified atom stereocenters. The van der Waals surface area contributed by atoms with E-state index in [0.717, 1.165) is 12.0 Å². The van der Waals surface area contributed by atoms with Gasteiger partial charge in [-0.15, -0.1) is 0 Å². The highest BCUT2D eigenvalue weighted by Crippen LogP contribution is 2.16. The average Bonchev–Trinajstić information content (AvgIpc) is 2.52. The Balaban J connectivity index is 2.69. The van der Waals surface area contributed by atoms with Crippen molar-refractivity contribution >= 4 is 11.9 Å². The first-order valence-corrected chi connectivity index (χ1v) is 7.33. The number of rotatable bonds is 8. The molecule has 1 aromatic carbocycles. The summed E-state index contributed by atoms with van der Waals surface area (Å²) in [4.78, 5) is 23.1. The fourth-order valence-corrected chi connectivity index (χ4v) is 2.20. The van der Waals surface area contributed by atoms with Crippen molar-refractivity contribution in [1.82, 2.24) is 0 Å². The van der Waals surface area contributed by atoms with Gasteiger partial charge in [0.2, 0.25) is 0 Å². The zero-order chi connectivity index (χ0) is 15.7. The van der Waals surface area contributed by atoms with E-state index in [9.17, 15) is 9.59 Å². The Labute approximate surface area is 126 Å². The molecule has 4 nitrogen and oxygen atoms in total. The Morgan fingerprint density at radius 1 is 1.05 bits per heavy atom. The number of unbranched alkanes of at least 4 members (excludes halogenated alkanes) is 1. The van der Waals surface area contributed by atoms with Gasteiger partial charge in [-0.2, -0.15) is 0 Å². The van der Waals surface area contributed by atoms with Crippen molar-refractivity contribution in [2.75, 3.05) is 14.2 Å². The summed E-state index contributed by atoms with van der Waals surface area (Å²) in [6.45, 7) is 2.17. The maximum atomic E-state index is 11.7. The highest BCUT2D eigenvalue weighted by Gasteiger charge is 2.23. The average molecular weight is 292 g/mol. The Kier molecular flexibility index (Phi) is 7.51. The lowest BCUT2D eigenvalue weighted by Gasteiger charge is -2.13. The normalized spacial score (nSPS) is 11.8. The fraction of sp³-hybridized carbons (Fsp3) is 0.529. The maximum Gasteiger partial charge on any atom is 0.309 e. The van der Waals surface area contributed by atoms with Gasteiger partial charge in [0, 0.05) is 0 Å². The van der Waals surface area contributed by atoms with Crippen LogP contribution in [0.2, 0.25) is 0 Å². The number of benzene rings is 1. The molecule has 0 aliphatic carbocycles. The summed E-state index contributed by atoms with van der Waals surface area (Å²) in [5.41, 5.74) is 2.32. The van der Waals surface area contributed by atoms with Crippen LogP contribution in [-0.4, -0.2) is 26.2 Å². The predicted molar refractivity (Wildman–Crippen MR) is 80.9 cm³/mol. The minimum absolute atomic E-state index is 0.0424. The number of hydrogen-bond donors (Lipinski definition) is 0. The van der Waals surface area contributed by atoms with Crippen molar-refractivity contribution in [2.45, 2.75) is 39.0 Å². The van der Waals surface area contributed by atoms with E-state index >= 15 is 0 Å². The highest BCUT2D eigenvalue weighted by molar-refractivity contribution is 5.80. The smallest absolute Gasteiger partial charge is 0.309 e. The Hall–Kier alpha value is -1.84. The molecule has 0 aromatic heterocycles. The van der Waals surface area contributed by atoms with Crippen LogP contribution in [0.4, 0.5) is 0 Å². The quantitative estimate of drug-likeness (QED) is 0.691. The Bertz CT molecular complexity index is 450. The van der Waals surface area contributed by atoms with Crippen molar-refractivity contribution in [3.63, 3.8) is 0 Å². The standard InChI is InChI=1S/C17H24O4/c1-4-5-6-13-7-9-14(10-8-13)11-15(17(19)21-3)12-16(18)20-2/h7-10,15H,4-6,11-12H2,1-3H3. The molecule has 0 spiro atoms. The van der Waals surface area contributed by atoms with Crippen LogP contribution in [-0.2, 0) is 31.9 Å². The third-order valence-corrected chi connectivity index (χ3v) is 3.50. The van der Waals surface area contributed by atoms with Crippen LogP contribution in [0.3, 0.4) is 0 Å². The molecule has 0 saturated carbocycles. The minimum Gasteiger partial charge on any atom is -0.469 e. The number of aryl methyl sites for hydroxylation is 1. The first-order valence-electron chi connectivity index (χ1n) is 7.33. The predicted octanol–water partition coefficient (Wildman–Crippen LogP) is 2.92. The fourth-order valence-electron chi connectivity index (χ4n) is 2.20. The molecule has 0 fully saturated rings. The van der Waals surface area contributed by atoms with E-state index in [-0.39, 0.29) is 12.4 Å². The number of ether oxygens (including phenoxy) is 2. The number of hydrogen-bond acceptors (Lipinski definition) is 4. The van der Waals surface area contributed by atoms with E-state index in [0.29, 0.717) is 6.42 Å². The van der Waals surface area contributed by atoms with Crippen molar-refractivity contribution in [3.8, 4) is 0 Å².